The predicted molar refractivity (Wildman–Crippen MR) is 125 cm³/mol. The first kappa shape index (κ1) is 22.6. The standard InChI is InChI=1S/C21H32N6.HI/c1-4-21(12-8-9-13-21)16-24-20(22-14-18-10-6-5-7-11-18)23-15-19-26-25-17(2)27(19)3;/h5-7,10-11H,4,8-9,12-16H2,1-3H3,(H2,22,23,24);1H. The molecule has 1 fully saturated rings. The third-order valence-corrected chi connectivity index (χ3v) is 5.90. The van der Waals surface area contributed by atoms with E-state index < -0.39 is 0 Å². The molecule has 0 bridgehead atoms. The van der Waals surface area contributed by atoms with Gasteiger partial charge in [0.1, 0.15) is 5.82 Å². The zero-order valence-corrected chi connectivity index (χ0v) is 19.6. The van der Waals surface area contributed by atoms with Gasteiger partial charge in [0, 0.05) is 13.6 Å². The lowest BCUT2D eigenvalue weighted by molar-refractivity contribution is 0.283. The van der Waals surface area contributed by atoms with Gasteiger partial charge in [-0.05, 0) is 37.2 Å². The Morgan fingerprint density at radius 3 is 2.46 bits per heavy atom. The number of aromatic nitrogens is 3. The average molecular weight is 496 g/mol. The maximum Gasteiger partial charge on any atom is 0.191 e. The van der Waals surface area contributed by atoms with Crippen molar-refractivity contribution in [1.29, 1.82) is 0 Å². The van der Waals surface area contributed by atoms with Gasteiger partial charge >= 0.3 is 0 Å². The summed E-state index contributed by atoms with van der Waals surface area (Å²) in [6, 6.07) is 10.4. The van der Waals surface area contributed by atoms with Crippen LogP contribution in [0.4, 0.5) is 0 Å². The normalized spacial score (nSPS) is 15.9. The molecule has 1 aliphatic carbocycles. The molecule has 6 nitrogen and oxygen atoms in total. The number of rotatable bonds is 7. The molecule has 2 aromatic rings. The Hall–Kier alpha value is -1.64. The summed E-state index contributed by atoms with van der Waals surface area (Å²) in [4.78, 5) is 4.81. The molecule has 7 heteroatoms. The fourth-order valence-electron chi connectivity index (χ4n) is 3.75. The van der Waals surface area contributed by atoms with E-state index >= 15 is 0 Å². The third-order valence-electron chi connectivity index (χ3n) is 5.90. The molecule has 0 radical (unpaired) electrons. The monoisotopic (exact) mass is 496 g/mol. The molecule has 0 aliphatic heterocycles. The number of guanidine groups is 1. The second kappa shape index (κ2) is 10.8. The van der Waals surface area contributed by atoms with Gasteiger partial charge in [0.05, 0.1) is 13.1 Å². The Morgan fingerprint density at radius 1 is 1.14 bits per heavy atom. The Morgan fingerprint density at radius 2 is 1.86 bits per heavy atom. The summed E-state index contributed by atoms with van der Waals surface area (Å²) in [5.74, 6) is 2.67. The van der Waals surface area contributed by atoms with Crippen LogP contribution in [-0.2, 0) is 20.1 Å². The first-order valence-corrected chi connectivity index (χ1v) is 10.0. The highest BCUT2D eigenvalue weighted by Gasteiger charge is 2.31. The molecule has 1 aliphatic rings. The van der Waals surface area contributed by atoms with Crippen LogP contribution in [0.25, 0.3) is 0 Å². The van der Waals surface area contributed by atoms with E-state index in [2.05, 4.69) is 52.0 Å². The molecule has 3 rings (SSSR count). The number of hydrogen-bond donors (Lipinski definition) is 2. The quantitative estimate of drug-likeness (QED) is 0.346. The predicted octanol–water partition coefficient (Wildman–Crippen LogP) is 3.95. The maximum atomic E-state index is 4.81. The van der Waals surface area contributed by atoms with Crippen LogP contribution in [0.1, 0.15) is 56.2 Å². The van der Waals surface area contributed by atoms with E-state index in [1.165, 1.54) is 37.7 Å². The fourth-order valence-corrected chi connectivity index (χ4v) is 3.75. The van der Waals surface area contributed by atoms with Crippen molar-refractivity contribution < 1.29 is 0 Å². The molecule has 154 valence electrons. The van der Waals surface area contributed by atoms with Crippen LogP contribution in [0.3, 0.4) is 0 Å². The second-order valence-electron chi connectivity index (χ2n) is 7.64. The first-order chi connectivity index (χ1) is 13.1. The number of aliphatic imine (C=N–C) groups is 1. The van der Waals surface area contributed by atoms with E-state index in [9.17, 15) is 0 Å². The SMILES string of the molecule is CCC1(CNC(=NCc2ccccc2)NCc2nnc(C)n2C)CCCC1.I. The molecule has 28 heavy (non-hydrogen) atoms. The van der Waals surface area contributed by atoms with Crippen molar-refractivity contribution in [2.45, 2.75) is 59.0 Å². The van der Waals surface area contributed by atoms with Gasteiger partial charge in [-0.2, -0.15) is 0 Å². The topological polar surface area (TPSA) is 67.1 Å². The van der Waals surface area contributed by atoms with Gasteiger partial charge < -0.3 is 15.2 Å². The van der Waals surface area contributed by atoms with Gasteiger partial charge in [0.25, 0.3) is 0 Å². The Bertz CT molecular complexity index is 750. The largest absolute Gasteiger partial charge is 0.356 e. The van der Waals surface area contributed by atoms with Crippen molar-refractivity contribution in [3.63, 3.8) is 0 Å². The van der Waals surface area contributed by atoms with Crippen molar-refractivity contribution in [3.8, 4) is 0 Å². The van der Waals surface area contributed by atoms with Crippen LogP contribution in [-0.4, -0.2) is 27.3 Å². The molecular formula is C21H33IN6. The molecule has 0 atom stereocenters. The number of hydrogen-bond acceptors (Lipinski definition) is 3. The summed E-state index contributed by atoms with van der Waals surface area (Å²) in [5, 5.41) is 15.4. The Kier molecular flexibility index (Phi) is 8.72. The number of nitrogens with one attached hydrogen (secondary N) is 2. The first-order valence-electron chi connectivity index (χ1n) is 10.0. The van der Waals surface area contributed by atoms with Gasteiger partial charge in [-0.25, -0.2) is 4.99 Å². The lowest BCUT2D eigenvalue weighted by atomic mass is 9.83. The average Bonchev–Trinajstić information content (AvgIpc) is 3.30. The van der Waals surface area contributed by atoms with Gasteiger partial charge in [-0.3, -0.25) is 0 Å². The van der Waals surface area contributed by atoms with Crippen molar-refractivity contribution in [2.75, 3.05) is 6.54 Å². The smallest absolute Gasteiger partial charge is 0.191 e. The van der Waals surface area contributed by atoms with Gasteiger partial charge in [-0.1, -0.05) is 50.1 Å². The minimum absolute atomic E-state index is 0. The molecule has 0 spiro atoms. The van der Waals surface area contributed by atoms with Crippen LogP contribution in [0.2, 0.25) is 0 Å². The van der Waals surface area contributed by atoms with Crippen molar-refractivity contribution in [3.05, 3.63) is 47.5 Å². The molecular weight excluding hydrogens is 463 g/mol. The lowest BCUT2D eigenvalue weighted by Crippen LogP contribution is -2.43. The van der Waals surface area contributed by atoms with Gasteiger partial charge in [-0.15, -0.1) is 34.2 Å². The van der Waals surface area contributed by atoms with E-state index in [0.717, 1.165) is 24.2 Å². The number of aryl methyl sites for hydroxylation is 1. The zero-order chi connectivity index (χ0) is 19.1. The molecule has 2 N–H and O–H groups in total. The minimum Gasteiger partial charge on any atom is -0.356 e. The van der Waals surface area contributed by atoms with Gasteiger partial charge in [0.2, 0.25) is 0 Å². The molecule has 1 aromatic carbocycles. The molecule has 1 heterocycles. The van der Waals surface area contributed by atoms with Crippen LogP contribution >= 0.6 is 24.0 Å². The Labute approximate surface area is 185 Å². The maximum absolute atomic E-state index is 4.81. The number of nitrogens with zero attached hydrogens (tertiary/aromatic N) is 4. The summed E-state index contributed by atoms with van der Waals surface area (Å²) >= 11 is 0. The van der Waals surface area contributed by atoms with Crippen LogP contribution in [0.15, 0.2) is 35.3 Å². The van der Waals surface area contributed by atoms with Crippen molar-refractivity contribution in [2.24, 2.45) is 17.5 Å². The summed E-state index contributed by atoms with van der Waals surface area (Å²) in [5.41, 5.74) is 1.62. The molecule has 0 unspecified atom stereocenters. The van der Waals surface area contributed by atoms with E-state index in [4.69, 9.17) is 4.99 Å². The zero-order valence-electron chi connectivity index (χ0n) is 17.2. The molecule has 1 saturated carbocycles. The molecule has 0 amide bonds. The minimum atomic E-state index is 0. The van der Waals surface area contributed by atoms with E-state index in [1.54, 1.807) is 0 Å². The summed E-state index contributed by atoms with van der Waals surface area (Å²) in [7, 11) is 1.99. The number of benzene rings is 1. The fraction of sp³-hybridized carbons (Fsp3) is 0.571. The van der Waals surface area contributed by atoms with Crippen molar-refractivity contribution >= 4 is 29.9 Å². The van der Waals surface area contributed by atoms with Crippen LogP contribution < -0.4 is 10.6 Å². The van der Waals surface area contributed by atoms with Crippen LogP contribution in [0, 0.1) is 12.3 Å². The summed E-state index contributed by atoms with van der Waals surface area (Å²) in [6.45, 7) is 6.51. The van der Waals surface area contributed by atoms with Crippen LogP contribution in [0.5, 0.6) is 0 Å². The highest BCUT2D eigenvalue weighted by molar-refractivity contribution is 14.0. The highest BCUT2D eigenvalue weighted by atomic mass is 127. The number of halogens is 1. The molecule has 1 aromatic heterocycles. The summed E-state index contributed by atoms with van der Waals surface area (Å²) in [6.07, 6.45) is 6.53. The molecule has 0 saturated heterocycles. The van der Waals surface area contributed by atoms with E-state index in [-0.39, 0.29) is 24.0 Å². The van der Waals surface area contributed by atoms with E-state index in [0.29, 0.717) is 18.5 Å². The Balaban J connectivity index is 0.00000280. The van der Waals surface area contributed by atoms with Gasteiger partial charge in [0.15, 0.2) is 11.8 Å². The lowest BCUT2D eigenvalue weighted by Gasteiger charge is -2.28. The summed E-state index contributed by atoms with van der Waals surface area (Å²) < 4.78 is 2.01. The second-order valence-corrected chi connectivity index (χ2v) is 7.64. The third kappa shape index (κ3) is 5.93. The van der Waals surface area contributed by atoms with Crippen molar-refractivity contribution in [1.82, 2.24) is 25.4 Å². The van der Waals surface area contributed by atoms with E-state index in [1.807, 2.05) is 24.6 Å². The highest BCUT2D eigenvalue weighted by Crippen LogP contribution is 2.40.